The smallest absolute Gasteiger partial charge is 0.146 e. The zero-order valence-electron chi connectivity index (χ0n) is 6.32. The van der Waals surface area contributed by atoms with E-state index in [0.717, 1.165) is 17.5 Å². The number of anilines is 1. The van der Waals surface area contributed by atoms with Crippen molar-refractivity contribution >= 4 is 12.0 Å². The topological polar surface area (TPSA) is 20.3 Å². The summed E-state index contributed by atoms with van der Waals surface area (Å²) in [6.07, 6.45) is 0.975. The van der Waals surface area contributed by atoms with Gasteiger partial charge in [0.05, 0.1) is 0 Å². The van der Waals surface area contributed by atoms with Crippen molar-refractivity contribution in [3.05, 3.63) is 29.8 Å². The van der Waals surface area contributed by atoms with Gasteiger partial charge in [-0.15, -0.1) is 0 Å². The Morgan fingerprint density at radius 2 is 2.36 bits per heavy atom. The molecule has 0 N–H and O–H groups in total. The highest BCUT2D eigenvalue weighted by molar-refractivity contribution is 5.74. The van der Waals surface area contributed by atoms with E-state index >= 15 is 0 Å². The summed E-state index contributed by atoms with van der Waals surface area (Å²) >= 11 is 0. The third-order valence-electron chi connectivity index (χ3n) is 2.17. The summed E-state index contributed by atoms with van der Waals surface area (Å²) in [5.74, 6) is 0. The quantitative estimate of drug-likeness (QED) is 0.559. The number of hydrogen-bond acceptors (Lipinski definition) is 2. The molecule has 1 heterocycles. The number of carbonyl (C=O) groups is 1. The normalized spacial score (nSPS) is 20.5. The number of aldehydes is 1. The Balaban J connectivity index is 2.51. The molecule has 2 rings (SSSR count). The molecule has 1 unspecified atom stereocenters. The maximum absolute atomic E-state index is 10.6. The second-order valence-corrected chi connectivity index (χ2v) is 2.79. The summed E-state index contributed by atoms with van der Waals surface area (Å²) in [4.78, 5) is 12.6. The van der Waals surface area contributed by atoms with E-state index in [1.54, 1.807) is 0 Å². The Morgan fingerprint density at radius 3 is 3.00 bits per heavy atom. The molecular formula is C9H9NO. The van der Waals surface area contributed by atoms with E-state index in [1.165, 1.54) is 0 Å². The van der Waals surface area contributed by atoms with E-state index in [-0.39, 0.29) is 6.04 Å². The third kappa shape index (κ3) is 0.755. The Kier molecular flexibility index (Phi) is 1.22. The summed E-state index contributed by atoms with van der Waals surface area (Å²) in [7, 11) is 1.93. The molecule has 2 heteroatoms. The van der Waals surface area contributed by atoms with Gasteiger partial charge in [-0.2, -0.15) is 0 Å². The SMILES string of the molecule is CN1c2cccc(c2)C1C=O. The van der Waals surface area contributed by atoms with Crippen LogP contribution in [0.1, 0.15) is 11.6 Å². The Morgan fingerprint density at radius 1 is 1.55 bits per heavy atom. The summed E-state index contributed by atoms with van der Waals surface area (Å²) in [6, 6.07) is 7.95. The number of nitrogens with zero attached hydrogens (tertiary/aromatic N) is 1. The maximum atomic E-state index is 10.6. The predicted octanol–water partition coefficient (Wildman–Crippen LogP) is 1.38. The second-order valence-electron chi connectivity index (χ2n) is 2.79. The van der Waals surface area contributed by atoms with E-state index in [4.69, 9.17) is 0 Å². The van der Waals surface area contributed by atoms with E-state index in [9.17, 15) is 4.79 Å². The van der Waals surface area contributed by atoms with Crippen LogP contribution in [0.5, 0.6) is 0 Å². The third-order valence-corrected chi connectivity index (χ3v) is 2.17. The zero-order chi connectivity index (χ0) is 7.84. The first kappa shape index (κ1) is 6.40. The minimum absolute atomic E-state index is 0.0556. The Labute approximate surface area is 65.4 Å². The molecule has 0 amide bonds. The molecule has 1 aromatic carbocycles. The molecule has 2 nitrogen and oxygen atoms in total. The van der Waals surface area contributed by atoms with Crippen molar-refractivity contribution in [2.24, 2.45) is 0 Å². The highest BCUT2D eigenvalue weighted by atomic mass is 16.1. The molecule has 0 aromatic heterocycles. The van der Waals surface area contributed by atoms with Gasteiger partial charge >= 0.3 is 0 Å². The molecule has 0 aliphatic carbocycles. The molecule has 0 fully saturated rings. The molecule has 56 valence electrons. The van der Waals surface area contributed by atoms with Crippen molar-refractivity contribution in [2.75, 3.05) is 11.9 Å². The molecule has 1 aliphatic heterocycles. The molecule has 1 atom stereocenters. The molecule has 11 heavy (non-hydrogen) atoms. The van der Waals surface area contributed by atoms with Gasteiger partial charge in [-0.25, -0.2) is 0 Å². The molecule has 2 bridgehead atoms. The molecule has 0 saturated carbocycles. The first-order chi connectivity index (χ1) is 5.33. The second kappa shape index (κ2) is 2.09. The lowest BCUT2D eigenvalue weighted by atomic mass is 10.1. The van der Waals surface area contributed by atoms with E-state index in [2.05, 4.69) is 0 Å². The largest absolute Gasteiger partial charge is 0.361 e. The zero-order valence-corrected chi connectivity index (χ0v) is 6.32. The van der Waals surface area contributed by atoms with Crippen LogP contribution in [0.25, 0.3) is 0 Å². The molecular weight excluding hydrogens is 138 g/mol. The van der Waals surface area contributed by atoms with Gasteiger partial charge in [0, 0.05) is 12.7 Å². The van der Waals surface area contributed by atoms with Crippen LogP contribution in [0.15, 0.2) is 24.3 Å². The fraction of sp³-hybridized carbons (Fsp3) is 0.222. The van der Waals surface area contributed by atoms with Gasteiger partial charge in [0.1, 0.15) is 12.3 Å². The Hall–Kier alpha value is -1.31. The van der Waals surface area contributed by atoms with Crippen LogP contribution in [0, 0.1) is 0 Å². The molecule has 1 aliphatic rings. The highest BCUT2D eigenvalue weighted by Crippen LogP contribution is 2.32. The van der Waals surface area contributed by atoms with Gasteiger partial charge in [-0.1, -0.05) is 12.1 Å². The fourth-order valence-corrected chi connectivity index (χ4v) is 1.48. The highest BCUT2D eigenvalue weighted by Gasteiger charge is 2.22. The van der Waals surface area contributed by atoms with Crippen molar-refractivity contribution in [1.82, 2.24) is 0 Å². The van der Waals surface area contributed by atoms with Gasteiger partial charge in [-0.05, 0) is 17.7 Å². The summed E-state index contributed by atoms with van der Waals surface area (Å²) in [5, 5.41) is 0. The number of benzene rings is 1. The van der Waals surface area contributed by atoms with Crippen LogP contribution >= 0.6 is 0 Å². The molecule has 0 radical (unpaired) electrons. The number of fused-ring (bicyclic) bond motifs is 2. The minimum Gasteiger partial charge on any atom is -0.361 e. The number of rotatable bonds is 1. The standard InChI is InChI=1S/C9H9NO/c1-10-8-4-2-3-7(5-8)9(10)6-11/h2-6,9H,1H3. The lowest BCUT2D eigenvalue weighted by Gasteiger charge is -2.16. The summed E-state index contributed by atoms with van der Waals surface area (Å²) < 4.78 is 0. The maximum Gasteiger partial charge on any atom is 0.146 e. The summed E-state index contributed by atoms with van der Waals surface area (Å²) in [5.41, 5.74) is 2.22. The minimum atomic E-state index is -0.0556. The van der Waals surface area contributed by atoms with Crippen molar-refractivity contribution in [3.8, 4) is 0 Å². The average molecular weight is 147 g/mol. The van der Waals surface area contributed by atoms with Gasteiger partial charge in [0.15, 0.2) is 0 Å². The van der Waals surface area contributed by atoms with Crippen LogP contribution in [0.2, 0.25) is 0 Å². The molecule has 0 saturated heterocycles. The number of hydrogen-bond donors (Lipinski definition) is 0. The first-order valence-corrected chi connectivity index (χ1v) is 3.61. The van der Waals surface area contributed by atoms with Crippen LogP contribution in [-0.2, 0) is 4.79 Å². The van der Waals surface area contributed by atoms with Gasteiger partial charge < -0.3 is 9.69 Å². The lowest BCUT2D eigenvalue weighted by Crippen LogP contribution is -2.19. The molecule has 0 spiro atoms. The van der Waals surface area contributed by atoms with Crippen molar-refractivity contribution in [2.45, 2.75) is 6.04 Å². The van der Waals surface area contributed by atoms with Crippen LogP contribution in [0.4, 0.5) is 5.69 Å². The average Bonchev–Trinajstić information content (AvgIpc) is 2.25. The van der Waals surface area contributed by atoms with Gasteiger partial charge in [0.25, 0.3) is 0 Å². The monoisotopic (exact) mass is 147 g/mol. The number of carbonyl (C=O) groups excluding carboxylic acids is 1. The Bertz CT molecular complexity index is 295. The van der Waals surface area contributed by atoms with Gasteiger partial charge in [0.2, 0.25) is 0 Å². The van der Waals surface area contributed by atoms with Crippen molar-refractivity contribution < 1.29 is 4.79 Å². The van der Waals surface area contributed by atoms with E-state index < -0.39 is 0 Å². The lowest BCUT2D eigenvalue weighted by molar-refractivity contribution is -0.108. The van der Waals surface area contributed by atoms with Crippen LogP contribution < -0.4 is 4.90 Å². The van der Waals surface area contributed by atoms with Gasteiger partial charge in [-0.3, -0.25) is 0 Å². The first-order valence-electron chi connectivity index (χ1n) is 3.61. The summed E-state index contributed by atoms with van der Waals surface area (Å²) in [6.45, 7) is 0. The van der Waals surface area contributed by atoms with E-state index in [0.29, 0.717) is 0 Å². The predicted molar refractivity (Wildman–Crippen MR) is 43.7 cm³/mol. The van der Waals surface area contributed by atoms with Crippen LogP contribution in [0.3, 0.4) is 0 Å². The van der Waals surface area contributed by atoms with Crippen molar-refractivity contribution in [1.29, 1.82) is 0 Å². The van der Waals surface area contributed by atoms with Crippen molar-refractivity contribution in [3.63, 3.8) is 0 Å². The molecule has 1 aromatic rings. The fourth-order valence-electron chi connectivity index (χ4n) is 1.48. The van der Waals surface area contributed by atoms with E-state index in [1.807, 2.05) is 36.2 Å². The number of likely N-dealkylation sites (N-methyl/N-ethyl adjacent to an activating group) is 1. The van der Waals surface area contributed by atoms with Crippen LogP contribution in [-0.4, -0.2) is 13.3 Å².